The lowest BCUT2D eigenvalue weighted by atomic mass is 9.98. The van der Waals surface area contributed by atoms with E-state index in [1.54, 1.807) is 0 Å². The SMILES string of the molecule is c1ccc(-c2ccc3c(c2)c2cccc4c5cc(-c6ccc(-c7cnc8c9ccccc9c9ccccc9c8n7)cc6)ccc5n3c24)cc1. The fourth-order valence-corrected chi connectivity index (χ4v) is 8.07. The molecule has 0 bridgehead atoms. The maximum Gasteiger partial charge on any atom is 0.0979 e. The Hall–Kier alpha value is -6.58. The zero-order chi connectivity index (χ0) is 32.1. The first-order chi connectivity index (χ1) is 24.3. The summed E-state index contributed by atoms with van der Waals surface area (Å²) in [5.41, 5.74) is 12.5. The third-order valence-electron chi connectivity index (χ3n) is 10.4. The number of rotatable bonds is 3. The summed E-state index contributed by atoms with van der Waals surface area (Å²) in [6.45, 7) is 0. The van der Waals surface area contributed by atoms with E-state index in [1.807, 2.05) is 6.20 Å². The normalized spacial score (nSPS) is 12.1. The van der Waals surface area contributed by atoms with Gasteiger partial charge in [-0.05, 0) is 57.3 Å². The van der Waals surface area contributed by atoms with Gasteiger partial charge in [0.15, 0.2) is 0 Å². The van der Waals surface area contributed by atoms with Gasteiger partial charge >= 0.3 is 0 Å². The van der Waals surface area contributed by atoms with Gasteiger partial charge in [0, 0.05) is 37.9 Å². The minimum absolute atomic E-state index is 0.877. The van der Waals surface area contributed by atoms with Crippen molar-refractivity contribution in [3.8, 4) is 33.5 Å². The van der Waals surface area contributed by atoms with Gasteiger partial charge in [0.05, 0.1) is 39.5 Å². The minimum atomic E-state index is 0.877. The van der Waals surface area contributed by atoms with Gasteiger partial charge in [0.2, 0.25) is 0 Å². The molecule has 0 spiro atoms. The number of fused-ring (bicyclic) bond motifs is 12. The highest BCUT2D eigenvalue weighted by molar-refractivity contribution is 6.24. The van der Waals surface area contributed by atoms with Crippen LogP contribution >= 0.6 is 0 Å². The standard InChI is InChI=1S/C46H27N3/c1-2-9-28(10-3-1)31-21-23-42-39(25-31)37-15-8-16-38-40-26-32(22-24-43(40)49(42)46(37)38)29-17-19-30(20-18-29)41-27-47-44-35-13-6-4-11-33(35)34-12-5-7-14-36(34)45(44)48-41/h1-27H. The van der Waals surface area contributed by atoms with E-state index in [1.165, 1.54) is 71.1 Å². The molecule has 0 fully saturated rings. The molecule has 0 radical (unpaired) electrons. The maximum atomic E-state index is 5.19. The molecule has 0 saturated carbocycles. The number of hydrogen-bond acceptors (Lipinski definition) is 2. The predicted octanol–water partition coefficient (Wildman–Crippen LogP) is 12.1. The lowest BCUT2D eigenvalue weighted by molar-refractivity contribution is 1.31. The summed E-state index contributed by atoms with van der Waals surface area (Å²) >= 11 is 0. The molecule has 11 rings (SSSR count). The van der Waals surface area contributed by atoms with Crippen molar-refractivity contribution in [2.75, 3.05) is 0 Å². The lowest BCUT2D eigenvalue weighted by Crippen LogP contribution is -1.92. The zero-order valence-electron chi connectivity index (χ0n) is 26.4. The van der Waals surface area contributed by atoms with Crippen molar-refractivity contribution in [1.29, 1.82) is 0 Å². The van der Waals surface area contributed by atoms with E-state index in [0.29, 0.717) is 0 Å². The van der Waals surface area contributed by atoms with Crippen LogP contribution in [0.5, 0.6) is 0 Å². The van der Waals surface area contributed by atoms with Crippen LogP contribution in [0.3, 0.4) is 0 Å². The van der Waals surface area contributed by atoms with Crippen LogP contribution < -0.4 is 0 Å². The molecule has 0 atom stereocenters. The lowest BCUT2D eigenvalue weighted by Gasteiger charge is -2.10. The van der Waals surface area contributed by atoms with Crippen LogP contribution in [0.25, 0.3) is 104 Å². The quantitative estimate of drug-likeness (QED) is 0.184. The predicted molar refractivity (Wildman–Crippen MR) is 206 cm³/mol. The van der Waals surface area contributed by atoms with Crippen LogP contribution in [-0.4, -0.2) is 14.4 Å². The van der Waals surface area contributed by atoms with Gasteiger partial charge in [-0.1, -0.05) is 133 Å². The van der Waals surface area contributed by atoms with Gasteiger partial charge in [-0.2, -0.15) is 0 Å². The van der Waals surface area contributed by atoms with Crippen molar-refractivity contribution in [2.24, 2.45) is 0 Å². The number of benzene rings is 8. The van der Waals surface area contributed by atoms with E-state index in [2.05, 4.69) is 162 Å². The van der Waals surface area contributed by atoms with Crippen LogP contribution in [0, 0.1) is 0 Å². The third kappa shape index (κ3) is 3.78. The molecule has 0 saturated heterocycles. The van der Waals surface area contributed by atoms with Crippen molar-refractivity contribution in [1.82, 2.24) is 14.4 Å². The van der Waals surface area contributed by atoms with Crippen LogP contribution in [-0.2, 0) is 0 Å². The molecular weight excluding hydrogens is 595 g/mol. The van der Waals surface area contributed by atoms with Crippen molar-refractivity contribution in [2.45, 2.75) is 0 Å². The van der Waals surface area contributed by atoms with Crippen molar-refractivity contribution in [3.63, 3.8) is 0 Å². The summed E-state index contributed by atoms with van der Waals surface area (Å²) in [7, 11) is 0. The van der Waals surface area contributed by atoms with Gasteiger partial charge in [-0.3, -0.25) is 4.98 Å². The summed E-state index contributed by atoms with van der Waals surface area (Å²) in [4.78, 5) is 10.2. The molecule has 0 N–H and O–H groups in total. The summed E-state index contributed by atoms with van der Waals surface area (Å²) < 4.78 is 2.45. The number of aromatic nitrogens is 3. The topological polar surface area (TPSA) is 30.2 Å². The summed E-state index contributed by atoms with van der Waals surface area (Å²) in [6, 6.07) is 56.9. The first-order valence-corrected chi connectivity index (χ1v) is 16.7. The van der Waals surface area contributed by atoms with Gasteiger partial charge in [0.1, 0.15) is 0 Å². The second-order valence-electron chi connectivity index (χ2n) is 13.0. The number of nitrogens with zero attached hydrogens (tertiary/aromatic N) is 3. The average Bonchev–Trinajstić information content (AvgIpc) is 3.70. The first-order valence-electron chi connectivity index (χ1n) is 16.7. The van der Waals surface area contributed by atoms with E-state index >= 15 is 0 Å². The molecule has 3 aromatic heterocycles. The Balaban J connectivity index is 1.01. The molecule has 0 amide bonds. The number of para-hydroxylation sites is 1. The van der Waals surface area contributed by atoms with E-state index < -0.39 is 0 Å². The Morgan fingerprint density at radius 2 is 0.837 bits per heavy atom. The zero-order valence-corrected chi connectivity index (χ0v) is 26.4. The second kappa shape index (κ2) is 9.96. The molecule has 3 heteroatoms. The Morgan fingerprint density at radius 1 is 0.347 bits per heavy atom. The molecule has 0 unspecified atom stereocenters. The molecule has 226 valence electrons. The van der Waals surface area contributed by atoms with Crippen LogP contribution in [0.4, 0.5) is 0 Å². The maximum absolute atomic E-state index is 5.19. The Labute approximate surface area is 281 Å². The van der Waals surface area contributed by atoms with Gasteiger partial charge in [-0.15, -0.1) is 0 Å². The van der Waals surface area contributed by atoms with E-state index in [0.717, 1.165) is 33.1 Å². The van der Waals surface area contributed by atoms with Crippen molar-refractivity contribution >= 4 is 70.7 Å². The summed E-state index contributed by atoms with van der Waals surface area (Å²) in [5.74, 6) is 0. The van der Waals surface area contributed by atoms with E-state index in [-0.39, 0.29) is 0 Å². The second-order valence-corrected chi connectivity index (χ2v) is 13.0. The largest absolute Gasteiger partial charge is 0.308 e. The van der Waals surface area contributed by atoms with E-state index in [4.69, 9.17) is 9.97 Å². The van der Waals surface area contributed by atoms with Crippen LogP contribution in [0.2, 0.25) is 0 Å². The highest BCUT2D eigenvalue weighted by Crippen LogP contribution is 2.41. The van der Waals surface area contributed by atoms with Crippen LogP contribution in [0.1, 0.15) is 0 Å². The monoisotopic (exact) mass is 621 g/mol. The molecule has 49 heavy (non-hydrogen) atoms. The fourth-order valence-electron chi connectivity index (χ4n) is 8.07. The smallest absolute Gasteiger partial charge is 0.0979 e. The average molecular weight is 622 g/mol. The molecule has 0 aliphatic carbocycles. The summed E-state index contributed by atoms with van der Waals surface area (Å²) in [5, 5.41) is 9.83. The minimum Gasteiger partial charge on any atom is -0.308 e. The van der Waals surface area contributed by atoms with Crippen molar-refractivity contribution < 1.29 is 0 Å². The van der Waals surface area contributed by atoms with Crippen molar-refractivity contribution in [3.05, 3.63) is 164 Å². The number of hydrogen-bond donors (Lipinski definition) is 0. The van der Waals surface area contributed by atoms with Gasteiger partial charge in [-0.25, -0.2) is 4.98 Å². The van der Waals surface area contributed by atoms with Crippen LogP contribution in [0.15, 0.2) is 164 Å². The third-order valence-corrected chi connectivity index (χ3v) is 10.4. The molecule has 11 aromatic rings. The Morgan fingerprint density at radius 3 is 1.47 bits per heavy atom. The Bertz CT molecular complexity index is 3050. The highest BCUT2D eigenvalue weighted by Gasteiger charge is 2.18. The van der Waals surface area contributed by atoms with Gasteiger partial charge in [0.25, 0.3) is 0 Å². The molecule has 0 aliphatic heterocycles. The molecular formula is C46H27N3. The fraction of sp³-hybridized carbons (Fsp3) is 0. The highest BCUT2D eigenvalue weighted by atomic mass is 14.9. The van der Waals surface area contributed by atoms with Gasteiger partial charge < -0.3 is 4.40 Å². The molecule has 8 aromatic carbocycles. The Kier molecular flexibility index (Phi) is 5.38. The first kappa shape index (κ1) is 26.5. The molecule has 3 heterocycles. The van der Waals surface area contributed by atoms with E-state index in [9.17, 15) is 0 Å². The summed E-state index contributed by atoms with van der Waals surface area (Å²) in [6.07, 6.45) is 1.91. The molecule has 0 aliphatic rings. The molecule has 3 nitrogen and oxygen atoms in total.